The number of rotatable bonds is 6. The quantitative estimate of drug-likeness (QED) is 0.860. The molecule has 0 fully saturated rings. The summed E-state index contributed by atoms with van der Waals surface area (Å²) in [7, 11) is 0. The molecule has 0 saturated heterocycles. The highest BCUT2D eigenvalue weighted by molar-refractivity contribution is 6.30. The minimum atomic E-state index is -0.0778. The van der Waals surface area contributed by atoms with Crippen molar-refractivity contribution in [3.63, 3.8) is 0 Å². The fraction of sp³-hybridized carbons (Fsp3) is 0.267. The maximum Gasteiger partial charge on any atom is 0.225 e. The average Bonchev–Trinajstić information content (AvgIpc) is 2.49. The zero-order chi connectivity index (χ0) is 15.1. The molecule has 0 saturated carbocycles. The van der Waals surface area contributed by atoms with Crippen molar-refractivity contribution in [2.75, 3.05) is 17.2 Å². The predicted octanol–water partition coefficient (Wildman–Crippen LogP) is 3.13. The number of amides is 1. The van der Waals surface area contributed by atoms with Crippen LogP contribution < -0.4 is 10.6 Å². The molecule has 2 aromatic rings. The molecular weight excluding hydrogens is 288 g/mol. The average molecular weight is 305 g/mol. The first kappa shape index (κ1) is 15.3. The van der Waals surface area contributed by atoms with Crippen molar-refractivity contribution in [2.24, 2.45) is 0 Å². The van der Waals surface area contributed by atoms with Gasteiger partial charge < -0.3 is 10.6 Å². The van der Waals surface area contributed by atoms with Crippen molar-refractivity contribution in [2.45, 2.75) is 19.8 Å². The number of hydrogen-bond acceptors (Lipinski definition) is 4. The smallest absolute Gasteiger partial charge is 0.225 e. The number of nitrogens with zero attached hydrogens (tertiary/aromatic N) is 2. The first-order valence-corrected chi connectivity index (χ1v) is 7.17. The van der Waals surface area contributed by atoms with E-state index < -0.39 is 0 Å². The summed E-state index contributed by atoms with van der Waals surface area (Å²) in [4.78, 5) is 11.2. The van der Waals surface area contributed by atoms with E-state index in [0.29, 0.717) is 18.1 Å². The van der Waals surface area contributed by atoms with Gasteiger partial charge in [0.25, 0.3) is 0 Å². The Labute approximate surface area is 128 Å². The molecule has 1 amide bonds. The zero-order valence-corrected chi connectivity index (χ0v) is 12.5. The highest BCUT2D eigenvalue weighted by Crippen LogP contribution is 2.11. The summed E-state index contributed by atoms with van der Waals surface area (Å²) in [5.74, 6) is 1.06. The van der Waals surface area contributed by atoms with Gasteiger partial charge in [-0.15, -0.1) is 10.2 Å². The minimum absolute atomic E-state index is 0.0778. The standard InChI is InChI=1S/C15H17ClN4O/c1-2-15(21)18-14-7-6-13(19-20-14)17-9-8-11-4-3-5-12(16)10-11/h3-7,10H,2,8-9H2,1H3,(H,17,19)(H,18,20,21). The van der Waals surface area contributed by atoms with Crippen LogP contribution >= 0.6 is 11.6 Å². The Kier molecular flexibility index (Phi) is 5.51. The van der Waals surface area contributed by atoms with E-state index in [1.165, 1.54) is 0 Å². The summed E-state index contributed by atoms with van der Waals surface area (Å²) in [6.45, 7) is 2.52. The summed E-state index contributed by atoms with van der Waals surface area (Å²) in [6.07, 6.45) is 1.26. The van der Waals surface area contributed by atoms with E-state index in [2.05, 4.69) is 20.8 Å². The van der Waals surface area contributed by atoms with E-state index in [9.17, 15) is 4.79 Å². The van der Waals surface area contributed by atoms with Crippen LogP contribution in [0.5, 0.6) is 0 Å². The Hall–Kier alpha value is -2.14. The van der Waals surface area contributed by atoms with Gasteiger partial charge in [0.2, 0.25) is 5.91 Å². The first-order chi connectivity index (χ1) is 10.2. The summed E-state index contributed by atoms with van der Waals surface area (Å²) < 4.78 is 0. The molecule has 2 rings (SSSR count). The molecule has 0 spiro atoms. The molecule has 0 radical (unpaired) electrons. The predicted molar refractivity (Wildman–Crippen MR) is 84.6 cm³/mol. The van der Waals surface area contributed by atoms with Gasteiger partial charge in [0, 0.05) is 18.0 Å². The number of carbonyl (C=O) groups is 1. The molecule has 0 unspecified atom stereocenters. The fourth-order valence-electron chi connectivity index (χ4n) is 1.75. The number of carbonyl (C=O) groups excluding carboxylic acids is 1. The second-order valence-electron chi connectivity index (χ2n) is 4.51. The van der Waals surface area contributed by atoms with Crippen LogP contribution in [-0.2, 0) is 11.2 Å². The second-order valence-corrected chi connectivity index (χ2v) is 4.95. The first-order valence-electron chi connectivity index (χ1n) is 6.79. The lowest BCUT2D eigenvalue weighted by Gasteiger charge is -2.06. The number of anilines is 2. The van der Waals surface area contributed by atoms with Crippen molar-refractivity contribution >= 4 is 29.1 Å². The number of halogens is 1. The van der Waals surface area contributed by atoms with E-state index in [0.717, 1.165) is 23.6 Å². The van der Waals surface area contributed by atoms with E-state index in [4.69, 9.17) is 11.6 Å². The molecule has 0 aliphatic heterocycles. The summed E-state index contributed by atoms with van der Waals surface area (Å²) >= 11 is 5.93. The van der Waals surface area contributed by atoms with Gasteiger partial charge in [-0.25, -0.2) is 0 Å². The molecule has 21 heavy (non-hydrogen) atoms. The van der Waals surface area contributed by atoms with Gasteiger partial charge in [-0.2, -0.15) is 0 Å². The SMILES string of the molecule is CCC(=O)Nc1ccc(NCCc2cccc(Cl)c2)nn1. The van der Waals surface area contributed by atoms with Crippen molar-refractivity contribution in [3.8, 4) is 0 Å². The third-order valence-corrected chi connectivity index (χ3v) is 3.10. The van der Waals surface area contributed by atoms with Crippen LogP contribution in [-0.4, -0.2) is 22.6 Å². The van der Waals surface area contributed by atoms with E-state index in [-0.39, 0.29) is 5.91 Å². The van der Waals surface area contributed by atoms with Crippen molar-refractivity contribution in [1.29, 1.82) is 0 Å². The summed E-state index contributed by atoms with van der Waals surface area (Å²) in [6, 6.07) is 11.3. The van der Waals surface area contributed by atoms with Crippen LogP contribution in [0.1, 0.15) is 18.9 Å². The normalized spacial score (nSPS) is 10.2. The number of hydrogen-bond donors (Lipinski definition) is 2. The topological polar surface area (TPSA) is 66.9 Å². The Morgan fingerprint density at radius 1 is 1.19 bits per heavy atom. The Balaban J connectivity index is 1.82. The highest BCUT2D eigenvalue weighted by Gasteiger charge is 2.01. The molecule has 5 nitrogen and oxygen atoms in total. The number of benzene rings is 1. The maximum atomic E-state index is 11.2. The monoisotopic (exact) mass is 304 g/mol. The number of aromatic nitrogens is 2. The maximum absolute atomic E-state index is 11.2. The van der Waals surface area contributed by atoms with Crippen molar-refractivity contribution in [3.05, 3.63) is 47.0 Å². The van der Waals surface area contributed by atoms with E-state index in [1.54, 1.807) is 19.1 Å². The lowest BCUT2D eigenvalue weighted by atomic mass is 10.1. The van der Waals surface area contributed by atoms with E-state index >= 15 is 0 Å². The van der Waals surface area contributed by atoms with Gasteiger partial charge in [-0.05, 0) is 36.2 Å². The Morgan fingerprint density at radius 2 is 1.95 bits per heavy atom. The molecule has 1 aromatic carbocycles. The van der Waals surface area contributed by atoms with Crippen LogP contribution in [0.25, 0.3) is 0 Å². The molecule has 0 aliphatic rings. The van der Waals surface area contributed by atoms with Crippen LogP contribution in [0.2, 0.25) is 5.02 Å². The lowest BCUT2D eigenvalue weighted by molar-refractivity contribution is -0.115. The van der Waals surface area contributed by atoms with Gasteiger partial charge >= 0.3 is 0 Å². The van der Waals surface area contributed by atoms with Crippen LogP contribution in [0.3, 0.4) is 0 Å². The molecule has 110 valence electrons. The lowest BCUT2D eigenvalue weighted by Crippen LogP contribution is -2.12. The Morgan fingerprint density at radius 3 is 2.62 bits per heavy atom. The van der Waals surface area contributed by atoms with Gasteiger partial charge in [0.15, 0.2) is 5.82 Å². The molecule has 1 aromatic heterocycles. The zero-order valence-electron chi connectivity index (χ0n) is 11.8. The van der Waals surface area contributed by atoms with Crippen LogP contribution in [0.15, 0.2) is 36.4 Å². The van der Waals surface area contributed by atoms with Crippen LogP contribution in [0.4, 0.5) is 11.6 Å². The third kappa shape index (κ3) is 5.04. The molecule has 0 bridgehead atoms. The molecule has 0 aliphatic carbocycles. The van der Waals surface area contributed by atoms with E-state index in [1.807, 2.05) is 24.3 Å². The van der Waals surface area contributed by atoms with Gasteiger partial charge in [0.05, 0.1) is 0 Å². The van der Waals surface area contributed by atoms with Gasteiger partial charge in [-0.3, -0.25) is 4.79 Å². The summed E-state index contributed by atoms with van der Waals surface area (Å²) in [5, 5.41) is 14.5. The minimum Gasteiger partial charge on any atom is -0.368 e. The molecule has 6 heteroatoms. The van der Waals surface area contributed by atoms with Gasteiger partial charge in [-0.1, -0.05) is 30.7 Å². The fourth-order valence-corrected chi connectivity index (χ4v) is 1.96. The number of nitrogens with one attached hydrogen (secondary N) is 2. The van der Waals surface area contributed by atoms with Crippen molar-refractivity contribution < 1.29 is 4.79 Å². The molecule has 0 atom stereocenters. The molecule has 1 heterocycles. The van der Waals surface area contributed by atoms with Crippen molar-refractivity contribution in [1.82, 2.24) is 10.2 Å². The summed E-state index contributed by atoms with van der Waals surface area (Å²) in [5.41, 5.74) is 1.16. The molecular formula is C15H17ClN4O. The highest BCUT2D eigenvalue weighted by atomic mass is 35.5. The molecule has 2 N–H and O–H groups in total. The third-order valence-electron chi connectivity index (χ3n) is 2.86. The van der Waals surface area contributed by atoms with Crippen LogP contribution in [0, 0.1) is 0 Å². The Bertz CT molecular complexity index is 601. The van der Waals surface area contributed by atoms with Gasteiger partial charge in [0.1, 0.15) is 5.82 Å². The second kappa shape index (κ2) is 7.59. The largest absolute Gasteiger partial charge is 0.368 e.